The lowest BCUT2D eigenvalue weighted by molar-refractivity contribution is -0.114. The predicted octanol–water partition coefficient (Wildman–Crippen LogP) is 2.45. The Hall–Kier alpha value is -3.04. The SMILES string of the molecule is N#Cc1ccc(NC(=O)CNc2ccccc2N2CCOCC2)cc1. The minimum Gasteiger partial charge on any atom is -0.378 e. The minimum absolute atomic E-state index is 0.138. The summed E-state index contributed by atoms with van der Waals surface area (Å²) in [6.45, 7) is 3.29. The molecule has 2 aromatic rings. The van der Waals surface area contributed by atoms with Crippen molar-refractivity contribution in [3.63, 3.8) is 0 Å². The van der Waals surface area contributed by atoms with Crippen LogP contribution in [0.25, 0.3) is 0 Å². The summed E-state index contributed by atoms with van der Waals surface area (Å²) in [6, 6.07) is 16.8. The van der Waals surface area contributed by atoms with E-state index in [4.69, 9.17) is 10.00 Å². The van der Waals surface area contributed by atoms with E-state index in [2.05, 4.69) is 21.6 Å². The van der Waals surface area contributed by atoms with Gasteiger partial charge in [-0.25, -0.2) is 0 Å². The number of anilines is 3. The molecule has 0 atom stereocenters. The molecule has 0 spiro atoms. The first-order chi connectivity index (χ1) is 12.3. The van der Waals surface area contributed by atoms with Crippen LogP contribution < -0.4 is 15.5 Å². The third-order valence-electron chi connectivity index (χ3n) is 3.99. The van der Waals surface area contributed by atoms with Crippen molar-refractivity contribution >= 4 is 23.0 Å². The van der Waals surface area contributed by atoms with Crippen LogP contribution in [0.4, 0.5) is 17.1 Å². The maximum atomic E-state index is 12.2. The second-order valence-corrected chi connectivity index (χ2v) is 5.71. The molecule has 128 valence electrons. The van der Waals surface area contributed by atoms with E-state index in [0.717, 1.165) is 24.5 Å². The smallest absolute Gasteiger partial charge is 0.243 e. The van der Waals surface area contributed by atoms with E-state index in [1.807, 2.05) is 24.3 Å². The monoisotopic (exact) mass is 336 g/mol. The first-order valence-electron chi connectivity index (χ1n) is 8.22. The highest BCUT2D eigenvalue weighted by Gasteiger charge is 2.14. The van der Waals surface area contributed by atoms with E-state index in [9.17, 15) is 4.79 Å². The molecule has 1 fully saturated rings. The lowest BCUT2D eigenvalue weighted by Gasteiger charge is -2.30. The molecule has 6 heteroatoms. The topological polar surface area (TPSA) is 77.4 Å². The van der Waals surface area contributed by atoms with E-state index in [0.29, 0.717) is 24.5 Å². The number of ether oxygens (including phenoxy) is 1. The summed E-state index contributed by atoms with van der Waals surface area (Å²) >= 11 is 0. The predicted molar refractivity (Wildman–Crippen MR) is 97.8 cm³/mol. The summed E-state index contributed by atoms with van der Waals surface area (Å²) in [7, 11) is 0. The molecule has 0 radical (unpaired) electrons. The van der Waals surface area contributed by atoms with Gasteiger partial charge in [0.2, 0.25) is 5.91 Å². The van der Waals surface area contributed by atoms with Crippen molar-refractivity contribution in [1.29, 1.82) is 5.26 Å². The van der Waals surface area contributed by atoms with Gasteiger partial charge in [-0.1, -0.05) is 12.1 Å². The number of benzene rings is 2. The molecule has 0 unspecified atom stereocenters. The van der Waals surface area contributed by atoms with E-state index in [1.165, 1.54) is 0 Å². The molecule has 1 aliphatic heterocycles. The maximum Gasteiger partial charge on any atom is 0.243 e. The van der Waals surface area contributed by atoms with Crippen LogP contribution in [0, 0.1) is 11.3 Å². The molecule has 6 nitrogen and oxygen atoms in total. The number of carbonyl (C=O) groups is 1. The van der Waals surface area contributed by atoms with Gasteiger partial charge in [0.15, 0.2) is 0 Å². The Morgan fingerprint density at radius 1 is 1.12 bits per heavy atom. The van der Waals surface area contributed by atoms with Crippen LogP contribution in [0.5, 0.6) is 0 Å². The fraction of sp³-hybridized carbons (Fsp3) is 0.263. The van der Waals surface area contributed by atoms with Gasteiger partial charge in [-0.2, -0.15) is 5.26 Å². The number of nitriles is 1. The second kappa shape index (κ2) is 8.18. The number of amides is 1. The molecular formula is C19H20N4O2. The number of carbonyl (C=O) groups excluding carboxylic acids is 1. The van der Waals surface area contributed by atoms with Gasteiger partial charge in [-0.05, 0) is 36.4 Å². The second-order valence-electron chi connectivity index (χ2n) is 5.71. The standard InChI is InChI=1S/C19H20N4O2/c20-13-15-5-7-16(8-6-15)22-19(24)14-21-17-3-1-2-4-18(17)23-9-11-25-12-10-23/h1-8,21H,9-12,14H2,(H,22,24). The van der Waals surface area contributed by atoms with Crippen LogP contribution >= 0.6 is 0 Å². The number of hydrogen-bond donors (Lipinski definition) is 2. The molecule has 2 N–H and O–H groups in total. The number of rotatable bonds is 5. The van der Waals surface area contributed by atoms with Crippen LogP contribution in [0.2, 0.25) is 0 Å². The molecule has 25 heavy (non-hydrogen) atoms. The van der Waals surface area contributed by atoms with Crippen LogP contribution in [0.15, 0.2) is 48.5 Å². The highest BCUT2D eigenvalue weighted by Crippen LogP contribution is 2.26. The van der Waals surface area contributed by atoms with Crippen LogP contribution in [-0.4, -0.2) is 38.8 Å². The quantitative estimate of drug-likeness (QED) is 0.877. The van der Waals surface area contributed by atoms with Crippen molar-refractivity contribution in [3.05, 3.63) is 54.1 Å². The first-order valence-corrected chi connectivity index (χ1v) is 8.22. The molecule has 0 bridgehead atoms. The molecule has 2 aromatic carbocycles. The lowest BCUT2D eigenvalue weighted by atomic mass is 10.2. The van der Waals surface area contributed by atoms with Gasteiger partial charge in [0.05, 0.1) is 42.8 Å². The number of para-hydroxylation sites is 2. The van der Waals surface area contributed by atoms with Gasteiger partial charge in [0, 0.05) is 18.8 Å². The number of hydrogen-bond acceptors (Lipinski definition) is 5. The molecule has 1 aliphatic rings. The summed E-state index contributed by atoms with van der Waals surface area (Å²) in [4.78, 5) is 14.4. The Bertz CT molecular complexity index is 762. The number of morpholine rings is 1. The maximum absolute atomic E-state index is 12.2. The average Bonchev–Trinajstić information content (AvgIpc) is 2.68. The zero-order chi connectivity index (χ0) is 17.5. The van der Waals surface area contributed by atoms with Crippen LogP contribution in [0.3, 0.4) is 0 Å². The van der Waals surface area contributed by atoms with Crippen molar-refractivity contribution < 1.29 is 9.53 Å². The highest BCUT2D eigenvalue weighted by atomic mass is 16.5. The van der Waals surface area contributed by atoms with E-state index in [-0.39, 0.29) is 12.5 Å². The molecule has 0 saturated carbocycles. The van der Waals surface area contributed by atoms with Gasteiger partial charge >= 0.3 is 0 Å². The van der Waals surface area contributed by atoms with Crippen LogP contribution in [0.1, 0.15) is 5.56 Å². The normalized spacial score (nSPS) is 13.8. The highest BCUT2D eigenvalue weighted by molar-refractivity contribution is 5.94. The first kappa shape index (κ1) is 16.8. The average molecular weight is 336 g/mol. The van der Waals surface area contributed by atoms with Crippen molar-refractivity contribution in [2.45, 2.75) is 0 Å². The number of nitrogens with one attached hydrogen (secondary N) is 2. The zero-order valence-corrected chi connectivity index (χ0v) is 13.9. The van der Waals surface area contributed by atoms with Crippen molar-refractivity contribution in [3.8, 4) is 6.07 Å². The van der Waals surface area contributed by atoms with E-state index in [1.54, 1.807) is 24.3 Å². The van der Waals surface area contributed by atoms with Gasteiger partial charge in [0.25, 0.3) is 0 Å². The third-order valence-corrected chi connectivity index (χ3v) is 3.99. The fourth-order valence-corrected chi connectivity index (χ4v) is 2.71. The van der Waals surface area contributed by atoms with Crippen LogP contribution in [-0.2, 0) is 9.53 Å². The van der Waals surface area contributed by atoms with Gasteiger partial charge < -0.3 is 20.3 Å². The lowest BCUT2D eigenvalue weighted by Crippen LogP contribution is -2.36. The Kier molecular flexibility index (Phi) is 5.50. The Balaban J connectivity index is 1.59. The fourth-order valence-electron chi connectivity index (χ4n) is 2.71. The Labute approximate surface area is 147 Å². The molecule has 1 amide bonds. The summed E-state index contributed by atoms with van der Waals surface area (Å²) in [6.07, 6.45) is 0. The Morgan fingerprint density at radius 2 is 1.84 bits per heavy atom. The van der Waals surface area contributed by atoms with Crippen molar-refractivity contribution in [1.82, 2.24) is 0 Å². The largest absolute Gasteiger partial charge is 0.378 e. The molecule has 0 aliphatic carbocycles. The summed E-state index contributed by atoms with van der Waals surface area (Å²) in [5.41, 5.74) is 3.25. The summed E-state index contributed by atoms with van der Waals surface area (Å²) < 4.78 is 5.40. The van der Waals surface area contributed by atoms with E-state index >= 15 is 0 Å². The summed E-state index contributed by atoms with van der Waals surface area (Å²) in [5.74, 6) is -0.138. The molecule has 3 rings (SSSR count). The van der Waals surface area contributed by atoms with Gasteiger partial charge in [-0.15, -0.1) is 0 Å². The van der Waals surface area contributed by atoms with Gasteiger partial charge in [-0.3, -0.25) is 4.79 Å². The third kappa shape index (κ3) is 4.49. The molecule has 0 aromatic heterocycles. The number of nitrogens with zero attached hydrogens (tertiary/aromatic N) is 2. The Morgan fingerprint density at radius 3 is 2.56 bits per heavy atom. The van der Waals surface area contributed by atoms with Gasteiger partial charge in [0.1, 0.15) is 0 Å². The molecule has 1 heterocycles. The molecular weight excluding hydrogens is 316 g/mol. The zero-order valence-electron chi connectivity index (χ0n) is 13.9. The molecule has 1 saturated heterocycles. The van der Waals surface area contributed by atoms with Crippen molar-refractivity contribution in [2.24, 2.45) is 0 Å². The minimum atomic E-state index is -0.138. The van der Waals surface area contributed by atoms with Crippen molar-refractivity contribution in [2.75, 3.05) is 48.4 Å². The summed E-state index contributed by atoms with van der Waals surface area (Å²) in [5, 5.41) is 14.8. The van der Waals surface area contributed by atoms with E-state index < -0.39 is 0 Å².